The van der Waals surface area contributed by atoms with E-state index in [9.17, 15) is 36.8 Å². The van der Waals surface area contributed by atoms with Crippen LogP contribution in [0, 0.1) is 5.41 Å². The molecule has 3 atom stereocenters. The number of rotatable bonds is 16. The number of carbonyl (C=O) groups is 5. The molecule has 3 aliphatic carbocycles. The van der Waals surface area contributed by atoms with Gasteiger partial charge in [-0.25, -0.2) is 13.9 Å². The van der Waals surface area contributed by atoms with Crippen LogP contribution in [0.15, 0.2) is 0 Å². The average Bonchev–Trinajstić information content (AvgIpc) is 3.72. The highest BCUT2D eigenvalue weighted by atomic mass is 32.2. The van der Waals surface area contributed by atoms with Gasteiger partial charge in [0.1, 0.15) is 30.1 Å². The highest BCUT2D eigenvalue weighted by Gasteiger charge is 2.48. The topological polar surface area (TPSA) is 187 Å². The van der Waals surface area contributed by atoms with Crippen molar-refractivity contribution in [3.63, 3.8) is 0 Å². The summed E-state index contributed by atoms with van der Waals surface area (Å²) in [6.07, 6.45) is 10.8. The third-order valence-corrected chi connectivity index (χ3v) is 12.9. The van der Waals surface area contributed by atoms with E-state index in [0.29, 0.717) is 51.5 Å². The summed E-state index contributed by atoms with van der Waals surface area (Å²) in [7, 11) is -3.87. The van der Waals surface area contributed by atoms with Gasteiger partial charge >= 0.3 is 6.03 Å². The Morgan fingerprint density at radius 3 is 2.12 bits per heavy atom. The second-order valence-electron chi connectivity index (χ2n) is 16.3. The van der Waals surface area contributed by atoms with E-state index in [1.54, 1.807) is 0 Å². The van der Waals surface area contributed by atoms with E-state index >= 15 is 0 Å². The van der Waals surface area contributed by atoms with Crippen LogP contribution in [-0.4, -0.2) is 97.1 Å². The molecule has 1 unspecified atom stereocenters. The number of carbonyl (C=O) groups excluding carboxylic acids is 5. The Hall–Kier alpha value is -2.81. The van der Waals surface area contributed by atoms with Crippen LogP contribution in [0.3, 0.4) is 0 Å². The van der Waals surface area contributed by atoms with Crippen molar-refractivity contribution in [3.8, 4) is 0 Å². The number of quaternary nitrogens is 1. The van der Waals surface area contributed by atoms with E-state index in [2.05, 4.69) is 21.3 Å². The Morgan fingerprint density at radius 2 is 1.54 bits per heavy atom. The molecule has 4 rings (SSSR count). The summed E-state index contributed by atoms with van der Waals surface area (Å²) < 4.78 is 41.2. The fourth-order valence-corrected chi connectivity index (χ4v) is 10.3. The zero-order valence-electron chi connectivity index (χ0n) is 30.4. The molecule has 0 aromatic heterocycles. The van der Waals surface area contributed by atoms with Gasteiger partial charge in [-0.1, -0.05) is 58.8 Å². The molecule has 3 saturated carbocycles. The highest BCUT2D eigenvalue weighted by molar-refractivity contribution is 7.84. The second-order valence-corrected chi connectivity index (χ2v) is 18.1. The van der Waals surface area contributed by atoms with Crippen molar-refractivity contribution in [1.82, 2.24) is 26.2 Å². The fourth-order valence-electron chi connectivity index (χ4n) is 8.01. The summed E-state index contributed by atoms with van der Waals surface area (Å²) in [5.41, 5.74) is -2.86. The van der Waals surface area contributed by atoms with Crippen LogP contribution < -0.4 is 26.0 Å². The normalized spacial score (nSPS) is 23.3. The van der Waals surface area contributed by atoms with E-state index in [1.165, 1.54) is 18.7 Å². The number of sulfonamides is 1. The van der Waals surface area contributed by atoms with Crippen LogP contribution in [0.5, 0.6) is 0 Å². The maximum atomic E-state index is 14.5. The number of alkyl halides is 1. The van der Waals surface area contributed by atoms with E-state index in [-0.39, 0.29) is 18.2 Å². The van der Waals surface area contributed by atoms with Gasteiger partial charge in [0.15, 0.2) is 0 Å². The monoisotopic (exact) mass is 727 g/mol. The smallest absolute Gasteiger partial charge is 0.315 e. The van der Waals surface area contributed by atoms with Gasteiger partial charge in [0.25, 0.3) is 15.9 Å². The average molecular weight is 728 g/mol. The van der Waals surface area contributed by atoms with Crippen LogP contribution in [0.25, 0.3) is 0 Å². The van der Waals surface area contributed by atoms with E-state index in [4.69, 9.17) is 0 Å². The van der Waals surface area contributed by atoms with E-state index < -0.39 is 80.9 Å². The molecule has 0 aromatic rings. The number of primary sulfonamides is 1. The molecule has 284 valence electrons. The summed E-state index contributed by atoms with van der Waals surface area (Å²) >= 11 is 0. The Bertz CT molecular complexity index is 1360. The minimum atomic E-state index is -3.87. The predicted octanol–water partition coefficient (Wildman–Crippen LogP) is 2.09. The minimum absolute atomic E-state index is 0.000557. The zero-order chi connectivity index (χ0) is 36.7. The van der Waals surface area contributed by atoms with Crippen molar-refractivity contribution in [1.29, 1.82) is 0 Å². The van der Waals surface area contributed by atoms with Gasteiger partial charge < -0.3 is 26.2 Å². The molecule has 0 radical (unpaired) electrons. The van der Waals surface area contributed by atoms with Gasteiger partial charge in [0, 0.05) is 12.6 Å². The van der Waals surface area contributed by atoms with Gasteiger partial charge in [-0.2, -0.15) is 8.42 Å². The number of ketones is 1. The summed E-state index contributed by atoms with van der Waals surface area (Å²) in [6, 6.07) is -3.50. The first-order valence-electron chi connectivity index (χ1n) is 18.7. The molecule has 1 saturated heterocycles. The summed E-state index contributed by atoms with van der Waals surface area (Å²) in [4.78, 5) is 69.1. The van der Waals surface area contributed by atoms with E-state index in [1.807, 2.05) is 13.8 Å². The lowest BCUT2D eigenvalue weighted by Gasteiger charge is -2.43. The second kappa shape index (κ2) is 16.7. The molecular formula is C35H60FN6O7S+. The minimum Gasteiger partial charge on any atom is -0.347 e. The van der Waals surface area contributed by atoms with Crippen LogP contribution in [0.1, 0.15) is 130 Å². The van der Waals surface area contributed by atoms with Crippen molar-refractivity contribution in [2.24, 2.45) is 5.41 Å². The molecule has 0 spiro atoms. The lowest BCUT2D eigenvalue weighted by atomic mass is 9.70. The van der Waals surface area contributed by atoms with Crippen molar-refractivity contribution in [2.45, 2.75) is 166 Å². The van der Waals surface area contributed by atoms with Crippen molar-refractivity contribution < 1.29 is 41.5 Å². The van der Waals surface area contributed by atoms with Crippen LogP contribution in [0.4, 0.5) is 9.18 Å². The number of nitrogens with zero attached hydrogens (tertiary/aromatic N) is 1. The van der Waals surface area contributed by atoms with Crippen LogP contribution in [0.2, 0.25) is 0 Å². The van der Waals surface area contributed by atoms with Crippen molar-refractivity contribution in [3.05, 3.63) is 0 Å². The molecular weight excluding hydrogens is 667 g/mol. The Labute approximate surface area is 296 Å². The first-order chi connectivity index (χ1) is 23.5. The number of Topliss-reactive ketones (excluding diaryl/α,β-unsaturated/α-hetero) is 1. The molecule has 4 fully saturated rings. The molecule has 15 heteroatoms. The van der Waals surface area contributed by atoms with Gasteiger partial charge in [-0.3, -0.25) is 19.2 Å². The third-order valence-electron chi connectivity index (χ3n) is 10.9. The number of nitrogens with two attached hydrogens (primary N) is 1. The molecule has 1 aliphatic heterocycles. The number of hydrogen-bond donors (Lipinski definition) is 5. The number of hydrogen-bond acceptors (Lipinski definition) is 7. The molecule has 4 aliphatic rings. The number of halogens is 1. The standard InChI is InChI=1S/C35H59FN6O7S/c1-5-13-25(27(43)30(45)37-24-15-16-24)38-29(44)26-14-12-21-42(26)31(46)28(34(4)17-8-6-9-18-34)39-32(47)40-35(19-10-7-11-20-35)23-50(48,49)41-33(2,3)22-36/h24-26,28,41H,5-23H2,1-4H3,(H,37,45)(H,38,44)(H2,39,40,47)/p+1/t25?,26-,28+/m0/s1. The number of urea groups is 1. The zero-order valence-corrected chi connectivity index (χ0v) is 31.2. The lowest BCUT2D eigenvalue weighted by molar-refractivity contribution is -0.580. The molecule has 6 N–H and O–H groups in total. The highest BCUT2D eigenvalue weighted by Crippen LogP contribution is 2.40. The van der Waals surface area contributed by atoms with Gasteiger partial charge in [0.05, 0.1) is 11.6 Å². The van der Waals surface area contributed by atoms with Gasteiger partial charge in [-0.05, 0) is 77.0 Å². The first kappa shape index (κ1) is 40.0. The maximum absolute atomic E-state index is 14.5. The fraction of sp³-hybridized carbons (Fsp3) is 0.857. The SMILES string of the molecule is CCCC(NC(=O)[C@@H]1CCCN1C(=O)[C@@H](NC(=O)NC1(CS(=O)(=O)[NH2+]C(C)(C)CF)CCCCC1)C1(C)CCCCC1)C(=O)C(=O)NC1CC1. The number of likely N-dealkylation sites (tertiary alicyclic amines) is 1. The summed E-state index contributed by atoms with van der Waals surface area (Å²) in [5, 5.41) is 11.4. The van der Waals surface area contributed by atoms with Crippen LogP contribution >= 0.6 is 0 Å². The van der Waals surface area contributed by atoms with Crippen LogP contribution in [-0.2, 0) is 29.2 Å². The van der Waals surface area contributed by atoms with Gasteiger partial charge in [-0.15, -0.1) is 0 Å². The predicted molar refractivity (Wildman–Crippen MR) is 186 cm³/mol. The van der Waals surface area contributed by atoms with Crippen molar-refractivity contribution in [2.75, 3.05) is 19.0 Å². The largest absolute Gasteiger partial charge is 0.347 e. The quantitative estimate of drug-likeness (QED) is 0.151. The molecule has 0 aromatic carbocycles. The Balaban J connectivity index is 1.52. The molecule has 1 heterocycles. The Morgan fingerprint density at radius 1 is 0.920 bits per heavy atom. The lowest BCUT2D eigenvalue weighted by Crippen LogP contribution is -2.99. The first-order valence-corrected chi connectivity index (χ1v) is 20.4. The molecule has 13 nitrogen and oxygen atoms in total. The maximum Gasteiger partial charge on any atom is 0.315 e. The summed E-state index contributed by atoms with van der Waals surface area (Å²) in [6.45, 7) is 6.32. The van der Waals surface area contributed by atoms with E-state index in [0.717, 1.165) is 56.1 Å². The Kier molecular flexibility index (Phi) is 13.3. The molecule has 50 heavy (non-hydrogen) atoms. The third kappa shape index (κ3) is 10.6. The van der Waals surface area contributed by atoms with Crippen molar-refractivity contribution >= 4 is 39.6 Å². The molecule has 5 amide bonds. The summed E-state index contributed by atoms with van der Waals surface area (Å²) in [5.74, 6) is -2.66. The number of nitrogens with one attached hydrogen (secondary N) is 4. The van der Waals surface area contributed by atoms with Gasteiger partial charge in [0.2, 0.25) is 17.6 Å². The number of amides is 5. The molecule has 0 bridgehead atoms.